The number of rotatable bonds is 3. The summed E-state index contributed by atoms with van der Waals surface area (Å²) in [5.41, 5.74) is 4.73. The standard InChI is InChI=1S/C4H9N3O3/c5-3(8)1-2-7(6)4(9)10/h1-2,6H2,(H2,5,8)(H,9,10). The van der Waals surface area contributed by atoms with Gasteiger partial charge in [-0.2, -0.15) is 0 Å². The van der Waals surface area contributed by atoms with Gasteiger partial charge in [-0.15, -0.1) is 0 Å². The van der Waals surface area contributed by atoms with Gasteiger partial charge in [-0.3, -0.25) is 4.79 Å². The zero-order valence-corrected chi connectivity index (χ0v) is 5.28. The van der Waals surface area contributed by atoms with Crippen molar-refractivity contribution in [1.29, 1.82) is 0 Å². The van der Waals surface area contributed by atoms with Crippen molar-refractivity contribution in [2.45, 2.75) is 6.42 Å². The molecule has 5 N–H and O–H groups in total. The van der Waals surface area contributed by atoms with Crippen LogP contribution < -0.4 is 11.6 Å². The van der Waals surface area contributed by atoms with E-state index in [1.54, 1.807) is 0 Å². The number of amides is 2. The second-order valence-electron chi connectivity index (χ2n) is 1.69. The molecule has 0 spiro atoms. The Morgan fingerprint density at radius 1 is 1.50 bits per heavy atom. The van der Waals surface area contributed by atoms with Gasteiger partial charge in [-0.1, -0.05) is 0 Å². The Morgan fingerprint density at radius 2 is 2.00 bits per heavy atom. The molecule has 0 aromatic heterocycles. The van der Waals surface area contributed by atoms with Crippen LogP contribution in [0.1, 0.15) is 6.42 Å². The van der Waals surface area contributed by atoms with Crippen LogP contribution in [-0.2, 0) is 4.79 Å². The molecule has 0 aromatic carbocycles. The largest absolute Gasteiger partial charge is 0.464 e. The number of nitrogens with two attached hydrogens (primary N) is 2. The summed E-state index contributed by atoms with van der Waals surface area (Å²) in [5.74, 6) is 4.32. The second-order valence-corrected chi connectivity index (χ2v) is 1.69. The summed E-state index contributed by atoms with van der Waals surface area (Å²) in [5, 5.41) is 8.65. The highest BCUT2D eigenvalue weighted by molar-refractivity contribution is 5.74. The molecule has 0 bridgehead atoms. The third-order valence-electron chi connectivity index (χ3n) is 0.845. The van der Waals surface area contributed by atoms with Crippen LogP contribution in [0.25, 0.3) is 0 Å². The molecule has 0 saturated heterocycles. The van der Waals surface area contributed by atoms with E-state index in [-0.39, 0.29) is 13.0 Å². The molecule has 6 heteroatoms. The van der Waals surface area contributed by atoms with E-state index in [9.17, 15) is 9.59 Å². The van der Waals surface area contributed by atoms with Crippen LogP contribution >= 0.6 is 0 Å². The topological polar surface area (TPSA) is 110 Å². The predicted molar refractivity (Wildman–Crippen MR) is 32.7 cm³/mol. The van der Waals surface area contributed by atoms with E-state index in [4.69, 9.17) is 16.7 Å². The zero-order chi connectivity index (χ0) is 8.15. The van der Waals surface area contributed by atoms with E-state index in [0.29, 0.717) is 5.01 Å². The van der Waals surface area contributed by atoms with Crippen molar-refractivity contribution in [2.24, 2.45) is 11.6 Å². The minimum absolute atomic E-state index is 0.0528. The lowest BCUT2D eigenvalue weighted by Gasteiger charge is -2.09. The molecular weight excluding hydrogens is 138 g/mol. The van der Waals surface area contributed by atoms with Crippen molar-refractivity contribution in [3.05, 3.63) is 0 Å². The number of hydrogen-bond donors (Lipinski definition) is 3. The lowest BCUT2D eigenvalue weighted by atomic mass is 10.4. The monoisotopic (exact) mass is 147 g/mol. The molecule has 0 aliphatic carbocycles. The first-order chi connectivity index (χ1) is 4.54. The summed E-state index contributed by atoms with van der Waals surface area (Å²) < 4.78 is 0. The van der Waals surface area contributed by atoms with E-state index in [1.807, 2.05) is 0 Å². The van der Waals surface area contributed by atoms with Crippen molar-refractivity contribution in [3.8, 4) is 0 Å². The van der Waals surface area contributed by atoms with Gasteiger partial charge in [0.05, 0.1) is 0 Å². The van der Waals surface area contributed by atoms with Gasteiger partial charge < -0.3 is 10.8 Å². The highest BCUT2D eigenvalue weighted by Crippen LogP contribution is 1.82. The summed E-state index contributed by atoms with van der Waals surface area (Å²) in [4.78, 5) is 20.0. The van der Waals surface area contributed by atoms with Gasteiger partial charge in [0, 0.05) is 13.0 Å². The van der Waals surface area contributed by atoms with Crippen molar-refractivity contribution in [2.75, 3.05) is 6.54 Å². The maximum Gasteiger partial charge on any atom is 0.421 e. The van der Waals surface area contributed by atoms with E-state index >= 15 is 0 Å². The molecule has 0 atom stereocenters. The smallest absolute Gasteiger partial charge is 0.421 e. The third kappa shape index (κ3) is 3.67. The second kappa shape index (κ2) is 3.67. The molecule has 6 nitrogen and oxygen atoms in total. The summed E-state index contributed by atoms with van der Waals surface area (Å²) in [7, 11) is 0. The Hall–Kier alpha value is -1.30. The lowest BCUT2D eigenvalue weighted by molar-refractivity contribution is -0.118. The van der Waals surface area contributed by atoms with Crippen LogP contribution in [0.5, 0.6) is 0 Å². The molecule has 0 aromatic rings. The van der Waals surface area contributed by atoms with Gasteiger partial charge in [0.1, 0.15) is 0 Å². The molecule has 2 amide bonds. The molecule has 10 heavy (non-hydrogen) atoms. The Balaban J connectivity index is 3.49. The van der Waals surface area contributed by atoms with Crippen molar-refractivity contribution in [3.63, 3.8) is 0 Å². The molecule has 0 fully saturated rings. The number of hydrogen-bond acceptors (Lipinski definition) is 3. The Labute approximate surface area is 57.4 Å². The minimum Gasteiger partial charge on any atom is -0.464 e. The van der Waals surface area contributed by atoms with Gasteiger partial charge in [0.2, 0.25) is 5.91 Å². The number of carbonyl (C=O) groups excluding carboxylic acids is 1. The maximum atomic E-state index is 10.1. The Bertz CT molecular complexity index is 147. The molecular formula is C4H9N3O3. The lowest BCUT2D eigenvalue weighted by Crippen LogP contribution is -2.38. The molecule has 0 rings (SSSR count). The third-order valence-corrected chi connectivity index (χ3v) is 0.845. The van der Waals surface area contributed by atoms with Crippen molar-refractivity contribution < 1.29 is 14.7 Å². The van der Waals surface area contributed by atoms with Gasteiger partial charge >= 0.3 is 6.09 Å². The van der Waals surface area contributed by atoms with E-state index in [1.165, 1.54) is 0 Å². The van der Waals surface area contributed by atoms with Gasteiger partial charge in [-0.05, 0) is 0 Å². The fourth-order valence-electron chi connectivity index (χ4n) is 0.326. The summed E-state index contributed by atoms with van der Waals surface area (Å²) in [6, 6.07) is 0. The normalized spacial score (nSPS) is 8.90. The molecule has 0 heterocycles. The zero-order valence-electron chi connectivity index (χ0n) is 5.28. The van der Waals surface area contributed by atoms with Gasteiger partial charge in [0.15, 0.2) is 0 Å². The van der Waals surface area contributed by atoms with Crippen LogP contribution in [-0.4, -0.2) is 28.7 Å². The SMILES string of the molecule is NC(=O)CCN(N)C(=O)O. The van der Waals surface area contributed by atoms with Crippen LogP contribution in [0.3, 0.4) is 0 Å². The number of carbonyl (C=O) groups is 2. The minimum atomic E-state index is -1.28. The first-order valence-electron chi connectivity index (χ1n) is 2.57. The number of nitrogens with zero attached hydrogens (tertiary/aromatic N) is 1. The van der Waals surface area contributed by atoms with Crippen molar-refractivity contribution in [1.82, 2.24) is 5.01 Å². The average molecular weight is 147 g/mol. The molecule has 0 unspecified atom stereocenters. The Morgan fingerprint density at radius 3 is 2.30 bits per heavy atom. The van der Waals surface area contributed by atoms with Crippen LogP contribution in [0.15, 0.2) is 0 Å². The molecule has 0 aliphatic heterocycles. The van der Waals surface area contributed by atoms with Crippen LogP contribution in [0.4, 0.5) is 4.79 Å². The molecule has 0 aliphatic rings. The first-order valence-corrected chi connectivity index (χ1v) is 2.57. The Kier molecular flexibility index (Phi) is 3.20. The van der Waals surface area contributed by atoms with Crippen LogP contribution in [0.2, 0.25) is 0 Å². The fraction of sp³-hybridized carbons (Fsp3) is 0.500. The molecule has 58 valence electrons. The summed E-state index contributed by atoms with van der Waals surface area (Å²) in [6.45, 7) is -0.0648. The number of carboxylic acid groups (broad SMARTS) is 1. The molecule has 0 saturated carbocycles. The fourth-order valence-corrected chi connectivity index (χ4v) is 0.326. The van der Waals surface area contributed by atoms with E-state index in [2.05, 4.69) is 0 Å². The van der Waals surface area contributed by atoms with Crippen molar-refractivity contribution >= 4 is 12.0 Å². The summed E-state index contributed by atoms with van der Waals surface area (Å²) in [6.07, 6.45) is -1.33. The number of hydrazine groups is 1. The maximum absolute atomic E-state index is 10.1. The number of primary amides is 1. The first kappa shape index (κ1) is 8.70. The average Bonchev–Trinajstić information content (AvgIpc) is 1.82. The highest BCUT2D eigenvalue weighted by Gasteiger charge is 2.06. The van der Waals surface area contributed by atoms with Gasteiger partial charge in [-0.25, -0.2) is 15.6 Å². The van der Waals surface area contributed by atoms with E-state index < -0.39 is 12.0 Å². The molecule has 0 radical (unpaired) electrons. The summed E-state index contributed by atoms with van der Waals surface area (Å²) >= 11 is 0. The van der Waals surface area contributed by atoms with Gasteiger partial charge in [0.25, 0.3) is 0 Å². The highest BCUT2D eigenvalue weighted by atomic mass is 16.4. The quantitative estimate of drug-likeness (QED) is 0.262. The van der Waals surface area contributed by atoms with E-state index in [0.717, 1.165) is 0 Å². The predicted octanol–water partition coefficient (Wildman–Crippen LogP) is -1.28. The van der Waals surface area contributed by atoms with Crippen LogP contribution in [0, 0.1) is 0 Å².